The number of hydrogen-bond donors (Lipinski definition) is 2. The molecule has 0 bridgehead atoms. The number of anilines is 1. The monoisotopic (exact) mass is 195 g/mol. The fourth-order valence-electron chi connectivity index (χ4n) is 1.14. The molecule has 0 aromatic carbocycles. The second-order valence-corrected chi connectivity index (χ2v) is 3.07. The maximum atomic E-state index is 10.3. The zero-order chi connectivity index (χ0) is 10.6. The molecule has 0 atom stereocenters. The Labute approximate surface area is 82.0 Å². The number of rotatable bonds is 4. The van der Waals surface area contributed by atoms with Crippen molar-refractivity contribution in [2.45, 2.75) is 26.2 Å². The van der Waals surface area contributed by atoms with Crippen LogP contribution in [0.25, 0.3) is 0 Å². The van der Waals surface area contributed by atoms with Crippen LogP contribution in [0.5, 0.6) is 0 Å². The van der Waals surface area contributed by atoms with E-state index in [-0.39, 0.29) is 6.42 Å². The Morgan fingerprint density at radius 3 is 2.93 bits per heavy atom. The number of aromatic nitrogens is 2. The predicted octanol–water partition coefficient (Wildman–Crippen LogP) is 0.775. The Bertz CT molecular complexity index is 339. The molecule has 0 amide bonds. The van der Waals surface area contributed by atoms with Crippen molar-refractivity contribution in [1.82, 2.24) is 9.97 Å². The molecule has 0 unspecified atom stereocenters. The van der Waals surface area contributed by atoms with Gasteiger partial charge in [-0.25, -0.2) is 9.97 Å². The van der Waals surface area contributed by atoms with E-state index in [2.05, 4.69) is 9.97 Å². The van der Waals surface area contributed by atoms with Crippen LogP contribution in [0, 0.1) is 6.92 Å². The molecule has 76 valence electrons. The Balaban J connectivity index is 2.55. The highest BCUT2D eigenvalue weighted by Crippen LogP contribution is 2.10. The van der Waals surface area contributed by atoms with E-state index in [1.54, 1.807) is 13.1 Å². The van der Waals surface area contributed by atoms with E-state index in [0.29, 0.717) is 24.5 Å². The number of carbonyl (C=O) groups is 1. The first-order valence-corrected chi connectivity index (χ1v) is 4.39. The molecular weight excluding hydrogens is 182 g/mol. The summed E-state index contributed by atoms with van der Waals surface area (Å²) in [5.74, 6) is 0.281. The van der Waals surface area contributed by atoms with Gasteiger partial charge in [0.1, 0.15) is 11.6 Å². The van der Waals surface area contributed by atoms with Crippen LogP contribution in [0.3, 0.4) is 0 Å². The van der Waals surface area contributed by atoms with E-state index in [9.17, 15) is 4.79 Å². The largest absolute Gasteiger partial charge is 0.481 e. The lowest BCUT2D eigenvalue weighted by atomic mass is 10.1. The molecular formula is C9H13N3O2. The fraction of sp³-hybridized carbons (Fsp3) is 0.444. The highest BCUT2D eigenvalue weighted by atomic mass is 16.4. The van der Waals surface area contributed by atoms with Gasteiger partial charge in [-0.3, -0.25) is 4.79 Å². The summed E-state index contributed by atoms with van der Waals surface area (Å²) < 4.78 is 0. The quantitative estimate of drug-likeness (QED) is 0.740. The van der Waals surface area contributed by atoms with Gasteiger partial charge < -0.3 is 10.8 Å². The molecule has 1 rings (SSSR count). The topological polar surface area (TPSA) is 89.1 Å². The normalized spacial score (nSPS) is 10.1. The maximum Gasteiger partial charge on any atom is 0.303 e. The van der Waals surface area contributed by atoms with Gasteiger partial charge in [-0.1, -0.05) is 0 Å². The molecule has 0 saturated heterocycles. The number of hydrogen-bond acceptors (Lipinski definition) is 4. The molecule has 0 saturated carbocycles. The molecule has 0 aliphatic heterocycles. The number of carboxylic acid groups (broad SMARTS) is 1. The van der Waals surface area contributed by atoms with E-state index in [4.69, 9.17) is 10.8 Å². The molecule has 5 nitrogen and oxygen atoms in total. The second kappa shape index (κ2) is 4.55. The van der Waals surface area contributed by atoms with Gasteiger partial charge in [-0.05, 0) is 19.8 Å². The average molecular weight is 195 g/mol. The van der Waals surface area contributed by atoms with Crippen molar-refractivity contribution in [3.8, 4) is 0 Å². The van der Waals surface area contributed by atoms with E-state index in [1.807, 2.05) is 0 Å². The Morgan fingerprint density at radius 1 is 1.64 bits per heavy atom. The number of nitrogen functional groups attached to an aromatic ring is 1. The minimum atomic E-state index is -0.795. The third-order valence-electron chi connectivity index (χ3n) is 1.86. The van der Waals surface area contributed by atoms with Gasteiger partial charge in [0.2, 0.25) is 0 Å². The smallest absolute Gasteiger partial charge is 0.303 e. The van der Waals surface area contributed by atoms with E-state index in [1.165, 1.54) is 0 Å². The number of nitrogens with zero attached hydrogens (tertiary/aromatic N) is 2. The van der Waals surface area contributed by atoms with Crippen molar-refractivity contribution in [1.29, 1.82) is 0 Å². The van der Waals surface area contributed by atoms with Gasteiger partial charge in [0.25, 0.3) is 0 Å². The van der Waals surface area contributed by atoms with Crippen LogP contribution < -0.4 is 5.73 Å². The summed E-state index contributed by atoms with van der Waals surface area (Å²) in [6, 6.07) is 0. The molecule has 1 heterocycles. The first-order chi connectivity index (χ1) is 6.59. The van der Waals surface area contributed by atoms with E-state index in [0.717, 1.165) is 5.56 Å². The average Bonchev–Trinajstić information content (AvgIpc) is 2.08. The van der Waals surface area contributed by atoms with E-state index < -0.39 is 5.97 Å². The standard InChI is InChI=1S/C9H13N3O2/c1-6-11-5-7(9(10)12-6)3-2-4-8(13)14/h5H,2-4H2,1H3,(H,13,14)(H2,10,11,12). The highest BCUT2D eigenvalue weighted by molar-refractivity contribution is 5.66. The lowest BCUT2D eigenvalue weighted by molar-refractivity contribution is -0.137. The molecule has 5 heteroatoms. The Hall–Kier alpha value is -1.65. The number of nitrogens with two attached hydrogens (primary N) is 1. The first kappa shape index (κ1) is 10.4. The van der Waals surface area contributed by atoms with Gasteiger partial charge in [0.05, 0.1) is 0 Å². The lowest BCUT2D eigenvalue weighted by Gasteiger charge is -2.03. The molecule has 0 spiro atoms. The highest BCUT2D eigenvalue weighted by Gasteiger charge is 2.03. The minimum Gasteiger partial charge on any atom is -0.481 e. The molecule has 3 N–H and O–H groups in total. The number of carboxylic acids is 1. The predicted molar refractivity (Wildman–Crippen MR) is 51.8 cm³/mol. The van der Waals surface area contributed by atoms with Crippen LogP contribution in [0.15, 0.2) is 6.20 Å². The summed E-state index contributed by atoms with van der Waals surface area (Å²) in [6.07, 6.45) is 2.97. The molecule has 14 heavy (non-hydrogen) atoms. The van der Waals surface area contributed by atoms with Crippen molar-refractivity contribution < 1.29 is 9.90 Å². The fourth-order valence-corrected chi connectivity index (χ4v) is 1.14. The zero-order valence-electron chi connectivity index (χ0n) is 8.03. The minimum absolute atomic E-state index is 0.146. The summed E-state index contributed by atoms with van der Waals surface area (Å²) in [6.45, 7) is 1.76. The zero-order valence-corrected chi connectivity index (χ0v) is 8.03. The van der Waals surface area contributed by atoms with Crippen LogP contribution >= 0.6 is 0 Å². The van der Waals surface area contributed by atoms with Crippen molar-refractivity contribution in [3.63, 3.8) is 0 Å². The molecule has 0 fully saturated rings. The van der Waals surface area contributed by atoms with Gasteiger partial charge in [0.15, 0.2) is 0 Å². The summed E-state index contributed by atoms with van der Waals surface area (Å²) in [4.78, 5) is 18.3. The number of aryl methyl sites for hydroxylation is 2. The Morgan fingerprint density at radius 2 is 2.36 bits per heavy atom. The van der Waals surface area contributed by atoms with E-state index >= 15 is 0 Å². The molecule has 0 aliphatic carbocycles. The van der Waals surface area contributed by atoms with Gasteiger partial charge in [-0.2, -0.15) is 0 Å². The number of aliphatic carboxylic acids is 1. The van der Waals surface area contributed by atoms with Crippen molar-refractivity contribution in [2.75, 3.05) is 5.73 Å². The third-order valence-corrected chi connectivity index (χ3v) is 1.86. The summed E-state index contributed by atoms with van der Waals surface area (Å²) in [5, 5.41) is 8.44. The van der Waals surface area contributed by atoms with Crippen LogP contribution in [-0.4, -0.2) is 21.0 Å². The maximum absolute atomic E-state index is 10.3. The third kappa shape index (κ3) is 3.01. The summed E-state index contributed by atoms with van der Waals surface area (Å²) in [7, 11) is 0. The van der Waals surface area contributed by atoms with Gasteiger partial charge >= 0.3 is 5.97 Å². The molecule has 0 aliphatic rings. The first-order valence-electron chi connectivity index (χ1n) is 4.39. The van der Waals surface area contributed by atoms with Gasteiger partial charge in [-0.15, -0.1) is 0 Å². The van der Waals surface area contributed by atoms with Crippen molar-refractivity contribution >= 4 is 11.8 Å². The SMILES string of the molecule is Cc1ncc(CCCC(=O)O)c(N)n1. The Kier molecular flexibility index (Phi) is 3.39. The molecule has 1 aromatic rings. The van der Waals surface area contributed by atoms with Crippen LogP contribution in [0.2, 0.25) is 0 Å². The van der Waals surface area contributed by atoms with Crippen molar-refractivity contribution in [2.24, 2.45) is 0 Å². The summed E-state index contributed by atoms with van der Waals surface area (Å²) >= 11 is 0. The van der Waals surface area contributed by atoms with Crippen molar-refractivity contribution in [3.05, 3.63) is 17.6 Å². The lowest BCUT2D eigenvalue weighted by Crippen LogP contribution is -2.03. The summed E-state index contributed by atoms with van der Waals surface area (Å²) in [5.41, 5.74) is 6.46. The van der Waals surface area contributed by atoms with Crippen LogP contribution in [0.1, 0.15) is 24.2 Å². The molecule has 1 aromatic heterocycles. The molecule has 0 radical (unpaired) electrons. The van der Waals surface area contributed by atoms with Crippen LogP contribution in [-0.2, 0) is 11.2 Å². The second-order valence-electron chi connectivity index (χ2n) is 3.07. The van der Waals surface area contributed by atoms with Crippen LogP contribution in [0.4, 0.5) is 5.82 Å². The van der Waals surface area contributed by atoms with Gasteiger partial charge in [0, 0.05) is 18.2 Å².